The molecule has 0 amide bonds. The van der Waals surface area contributed by atoms with E-state index in [1.807, 2.05) is 45.1 Å². The van der Waals surface area contributed by atoms with Crippen molar-refractivity contribution >= 4 is 48.6 Å². The maximum absolute atomic E-state index is 12.8. The van der Waals surface area contributed by atoms with E-state index in [2.05, 4.69) is 72.4 Å². The molecule has 1 atom stereocenters. The van der Waals surface area contributed by atoms with Gasteiger partial charge in [0.1, 0.15) is 0 Å². The number of nitrogens with one attached hydrogen (secondary N) is 4. The van der Waals surface area contributed by atoms with Crippen LogP contribution in [0.15, 0.2) is 41.5 Å². The van der Waals surface area contributed by atoms with Crippen molar-refractivity contribution in [3.8, 4) is 0 Å². The molecule has 0 aliphatic carbocycles. The molecule has 0 aromatic carbocycles. The largest absolute Gasteiger partial charge is 0.481 e. The third-order valence-corrected chi connectivity index (χ3v) is 11.4. The number of allylic oxidation sites excluding steroid dienone is 6. The van der Waals surface area contributed by atoms with Gasteiger partial charge in [-0.05, 0) is 152 Å². The maximum Gasteiger partial charge on any atom is 0.303 e. The minimum atomic E-state index is -0.993. The van der Waals surface area contributed by atoms with E-state index in [0.29, 0.717) is 46.1 Å². The summed E-state index contributed by atoms with van der Waals surface area (Å²) in [5.74, 6) is -1.92. The van der Waals surface area contributed by atoms with Crippen LogP contribution in [-0.4, -0.2) is 53.5 Å². The average Bonchev–Trinajstić information content (AvgIpc) is 3.85. The minimum Gasteiger partial charge on any atom is -0.481 e. The smallest absolute Gasteiger partial charge is 0.303 e. The summed E-state index contributed by atoms with van der Waals surface area (Å²) in [4.78, 5) is 50.3. The lowest BCUT2D eigenvalue weighted by Gasteiger charge is -2.12. The molecule has 8 bridgehead atoms. The summed E-state index contributed by atoms with van der Waals surface area (Å²) in [6.45, 7) is 18.6. The van der Waals surface area contributed by atoms with Crippen LogP contribution in [-0.2, 0) is 22.4 Å². The number of hydrogen-bond acceptors (Lipinski definition) is 4. The number of hydrogen-bond donors (Lipinski definition) is 7. The fourth-order valence-corrected chi connectivity index (χ4v) is 8.03. The van der Waals surface area contributed by atoms with Crippen molar-refractivity contribution in [3.05, 3.63) is 130 Å². The Labute approximate surface area is 346 Å². The number of aliphatic hydroxyl groups excluding tert-OH is 1. The molecule has 4 aromatic rings. The standard InChI is InChI=1S/C49H60N4O6/c1-9-34-31(6)39-25-45-49(46(55)18-12-17-30(5)16-11-15-29(4)14-10-13-28(2)3)33(8)40(52-45)24-44-37(27-54)36(20-22-48(58)59)43(53-44)26-42-35(19-21-47(56)57)32(7)38(51-42)23-41(34)50-39/h9,13,15,17,23-27,46,50-53,55H,1,10-12,14,16,18-22H2,2-8H3,(H,56,57)(H,58,59). The summed E-state index contributed by atoms with van der Waals surface area (Å²) in [7, 11) is 0. The van der Waals surface area contributed by atoms with Gasteiger partial charge in [0, 0.05) is 68.4 Å². The molecule has 1 aliphatic heterocycles. The summed E-state index contributed by atoms with van der Waals surface area (Å²) < 4.78 is 0. The molecule has 5 heterocycles. The lowest BCUT2D eigenvalue weighted by molar-refractivity contribution is -0.138. The fourth-order valence-electron chi connectivity index (χ4n) is 8.03. The first-order chi connectivity index (χ1) is 28.1. The van der Waals surface area contributed by atoms with Crippen molar-refractivity contribution in [1.29, 1.82) is 0 Å². The molecular weight excluding hydrogens is 741 g/mol. The van der Waals surface area contributed by atoms with Crippen LogP contribution in [0.3, 0.4) is 0 Å². The Kier molecular flexibility index (Phi) is 14.8. The molecule has 4 aromatic heterocycles. The molecule has 59 heavy (non-hydrogen) atoms. The molecular formula is C49H60N4O6. The first kappa shape index (κ1) is 44.2. The second-order valence-corrected chi connectivity index (χ2v) is 16.1. The quantitative estimate of drug-likeness (QED) is 0.0362. The van der Waals surface area contributed by atoms with Gasteiger partial charge in [0.25, 0.3) is 0 Å². The molecule has 1 aliphatic rings. The number of aliphatic carboxylic acids is 2. The van der Waals surface area contributed by atoms with E-state index >= 15 is 0 Å². The van der Waals surface area contributed by atoms with Gasteiger partial charge in [-0.25, -0.2) is 0 Å². The summed E-state index contributed by atoms with van der Waals surface area (Å²) in [6, 6.07) is 0. The highest BCUT2D eigenvalue weighted by molar-refractivity contribution is 5.80. The summed E-state index contributed by atoms with van der Waals surface area (Å²) >= 11 is 0. The minimum absolute atomic E-state index is 0.0835. The van der Waals surface area contributed by atoms with Crippen LogP contribution >= 0.6 is 0 Å². The van der Waals surface area contributed by atoms with E-state index in [1.54, 1.807) is 6.08 Å². The van der Waals surface area contributed by atoms with Crippen LogP contribution < -0.4 is 21.4 Å². The molecule has 0 spiro atoms. The highest BCUT2D eigenvalue weighted by Gasteiger charge is 2.21. The van der Waals surface area contributed by atoms with E-state index in [1.165, 1.54) is 16.7 Å². The number of carbonyl (C=O) groups excluding carboxylic acids is 1. The van der Waals surface area contributed by atoms with Gasteiger partial charge >= 0.3 is 11.9 Å². The number of fused-ring (bicyclic) bond motifs is 8. The zero-order valence-corrected chi connectivity index (χ0v) is 35.6. The third-order valence-electron chi connectivity index (χ3n) is 11.4. The normalized spacial score (nSPS) is 13.2. The van der Waals surface area contributed by atoms with Crippen LogP contribution in [0.5, 0.6) is 0 Å². The molecule has 0 saturated carbocycles. The zero-order valence-electron chi connectivity index (χ0n) is 35.6. The summed E-state index contributed by atoms with van der Waals surface area (Å²) in [5.41, 5.74) is 12.9. The van der Waals surface area contributed by atoms with Crippen LogP contribution in [0.25, 0.3) is 30.4 Å². The van der Waals surface area contributed by atoms with Gasteiger partial charge in [-0.15, -0.1) is 0 Å². The van der Waals surface area contributed by atoms with Gasteiger partial charge in [-0.2, -0.15) is 0 Å². The van der Waals surface area contributed by atoms with Crippen LogP contribution in [0.2, 0.25) is 0 Å². The molecule has 0 fully saturated rings. The first-order valence-electron chi connectivity index (χ1n) is 20.6. The molecule has 0 saturated heterocycles. The second-order valence-electron chi connectivity index (χ2n) is 16.1. The van der Waals surface area contributed by atoms with E-state index in [4.69, 9.17) is 0 Å². The van der Waals surface area contributed by atoms with E-state index < -0.39 is 18.0 Å². The van der Waals surface area contributed by atoms with Gasteiger partial charge in [0.15, 0.2) is 6.29 Å². The highest BCUT2D eigenvalue weighted by atomic mass is 16.4. The van der Waals surface area contributed by atoms with Crippen LogP contribution in [0.4, 0.5) is 0 Å². The van der Waals surface area contributed by atoms with E-state index in [-0.39, 0.29) is 25.7 Å². The Morgan fingerprint density at radius 2 is 1.15 bits per heavy atom. The van der Waals surface area contributed by atoms with Gasteiger partial charge in [0.2, 0.25) is 0 Å². The van der Waals surface area contributed by atoms with Crippen molar-refractivity contribution in [2.75, 3.05) is 0 Å². The molecule has 10 heteroatoms. The lowest BCUT2D eigenvalue weighted by Crippen LogP contribution is -2.14. The van der Waals surface area contributed by atoms with E-state index in [0.717, 1.165) is 87.4 Å². The van der Waals surface area contributed by atoms with Gasteiger partial charge in [0.05, 0.1) is 11.5 Å². The number of rotatable bonds is 18. The second kappa shape index (κ2) is 19.7. The molecule has 0 radical (unpaired) electrons. The van der Waals surface area contributed by atoms with Gasteiger partial charge < -0.3 is 35.3 Å². The van der Waals surface area contributed by atoms with E-state index in [9.17, 15) is 29.7 Å². The first-order valence-corrected chi connectivity index (χ1v) is 20.6. The number of aldehydes is 1. The topological polar surface area (TPSA) is 175 Å². The van der Waals surface area contributed by atoms with Gasteiger partial charge in [-0.3, -0.25) is 14.4 Å². The number of carbonyl (C=O) groups is 3. The maximum atomic E-state index is 12.8. The predicted octanol–water partition coefficient (Wildman–Crippen LogP) is 7.28. The Morgan fingerprint density at radius 3 is 1.76 bits per heavy atom. The van der Waals surface area contributed by atoms with Crippen LogP contribution in [0.1, 0.15) is 157 Å². The average molecular weight is 801 g/mol. The molecule has 5 rings (SSSR count). The third kappa shape index (κ3) is 10.8. The van der Waals surface area contributed by atoms with Gasteiger partial charge in [-0.1, -0.05) is 47.6 Å². The zero-order chi connectivity index (χ0) is 43.0. The number of carboxylic acid groups (broad SMARTS) is 2. The molecule has 312 valence electrons. The summed E-state index contributed by atoms with van der Waals surface area (Å²) in [5, 5.41) is 33.8. The molecule has 10 nitrogen and oxygen atoms in total. The Bertz CT molecular complexity index is 2590. The van der Waals surface area contributed by atoms with Crippen molar-refractivity contribution in [3.63, 3.8) is 0 Å². The molecule has 7 N–H and O–H groups in total. The van der Waals surface area contributed by atoms with Crippen LogP contribution in [0, 0.1) is 20.8 Å². The highest BCUT2D eigenvalue weighted by Crippen LogP contribution is 2.30. The van der Waals surface area contributed by atoms with Crippen molar-refractivity contribution < 1.29 is 29.7 Å². The Morgan fingerprint density at radius 1 is 0.627 bits per heavy atom. The number of aromatic nitrogens is 4. The number of carboxylic acids is 2. The predicted molar refractivity (Wildman–Crippen MR) is 237 cm³/mol. The number of H-pyrrole nitrogens is 4. The van der Waals surface area contributed by atoms with Crippen molar-refractivity contribution in [2.24, 2.45) is 0 Å². The number of aliphatic hydroxyl groups is 1. The van der Waals surface area contributed by atoms with Crippen molar-refractivity contribution in [1.82, 2.24) is 19.9 Å². The summed E-state index contributed by atoms with van der Waals surface area (Å²) in [6.07, 6.45) is 21.6. The fraction of sp³-hybridized carbons (Fsp3) is 0.367. The molecule has 1 unspecified atom stereocenters. The SMILES string of the molecule is C=Cc1c(C)c2[nH]c1=Cc1[nH]c(c(CCC(=O)O)c1C)C=c1[nH]c(c(C=O)c1CCC(=O)O)=Cc1[nH]c(c(C(O)CCC=C(C)CCC=C(C)CCC=C(C)C)c1C)C=2. The monoisotopic (exact) mass is 800 g/mol. The van der Waals surface area contributed by atoms with Crippen molar-refractivity contribution in [2.45, 2.75) is 119 Å². The lowest BCUT2D eigenvalue weighted by atomic mass is 9.98. The Balaban J connectivity index is 1.64. The Hall–Kier alpha value is -5.87. The number of aromatic amines is 4.